The van der Waals surface area contributed by atoms with Gasteiger partial charge in [0.15, 0.2) is 0 Å². The molecule has 0 bridgehead atoms. The molecule has 0 atom stereocenters. The molecule has 0 amide bonds. The molecule has 17 heavy (non-hydrogen) atoms. The van der Waals surface area contributed by atoms with Gasteiger partial charge in [-0.1, -0.05) is 18.5 Å². The van der Waals surface area contributed by atoms with Gasteiger partial charge in [0, 0.05) is 17.1 Å². The molecule has 1 aromatic rings. The predicted molar refractivity (Wildman–Crippen MR) is 66.6 cm³/mol. The van der Waals surface area contributed by atoms with E-state index in [1.165, 1.54) is 0 Å². The monoisotopic (exact) mass is 257 g/mol. The Morgan fingerprint density at radius 1 is 1.53 bits per heavy atom. The van der Waals surface area contributed by atoms with E-state index in [1.807, 2.05) is 6.92 Å². The largest absolute Gasteiger partial charge is 0.496 e. The highest BCUT2D eigenvalue weighted by molar-refractivity contribution is 6.30. The summed E-state index contributed by atoms with van der Waals surface area (Å²) in [5.41, 5.74) is 0.892. The van der Waals surface area contributed by atoms with Crippen LogP contribution in [-0.2, 0) is 11.3 Å². The minimum atomic E-state index is -0.840. The van der Waals surface area contributed by atoms with Crippen molar-refractivity contribution in [3.63, 3.8) is 0 Å². The highest BCUT2D eigenvalue weighted by atomic mass is 35.5. The molecular formula is C12H16ClNO3. The number of carboxylic acids is 1. The number of methoxy groups -OCH3 is 1. The van der Waals surface area contributed by atoms with Crippen LogP contribution in [0.4, 0.5) is 0 Å². The number of hydrogen-bond donors (Lipinski definition) is 1. The summed E-state index contributed by atoms with van der Waals surface area (Å²) in [5, 5.41) is 9.39. The summed E-state index contributed by atoms with van der Waals surface area (Å²) in [7, 11) is 1.58. The van der Waals surface area contributed by atoms with E-state index < -0.39 is 5.97 Å². The number of hydrogen-bond acceptors (Lipinski definition) is 3. The van der Waals surface area contributed by atoms with Crippen molar-refractivity contribution in [2.24, 2.45) is 0 Å². The lowest BCUT2D eigenvalue weighted by molar-refractivity contribution is -0.138. The van der Waals surface area contributed by atoms with Crippen molar-refractivity contribution in [1.82, 2.24) is 4.90 Å². The van der Waals surface area contributed by atoms with Gasteiger partial charge in [0.25, 0.3) is 0 Å². The number of rotatable bonds is 6. The molecule has 0 heterocycles. The SMILES string of the molecule is CCN(CC(=O)O)Cc1cc(Cl)ccc1OC. The Hall–Kier alpha value is -1.26. The minimum Gasteiger partial charge on any atom is -0.496 e. The Morgan fingerprint density at radius 2 is 2.24 bits per heavy atom. The third kappa shape index (κ3) is 4.24. The number of nitrogens with zero attached hydrogens (tertiary/aromatic N) is 1. The third-order valence-electron chi connectivity index (χ3n) is 2.44. The van der Waals surface area contributed by atoms with Crippen molar-refractivity contribution in [3.05, 3.63) is 28.8 Å². The Balaban J connectivity index is 2.84. The van der Waals surface area contributed by atoms with Crippen LogP contribution >= 0.6 is 11.6 Å². The zero-order chi connectivity index (χ0) is 12.8. The average Bonchev–Trinajstić information content (AvgIpc) is 2.28. The average molecular weight is 258 g/mol. The molecule has 0 aromatic heterocycles. The van der Waals surface area contributed by atoms with Gasteiger partial charge >= 0.3 is 5.97 Å². The normalized spacial score (nSPS) is 10.6. The molecule has 0 saturated carbocycles. The van der Waals surface area contributed by atoms with Crippen molar-refractivity contribution >= 4 is 17.6 Å². The van der Waals surface area contributed by atoms with E-state index in [4.69, 9.17) is 21.4 Å². The molecule has 0 unspecified atom stereocenters. The van der Waals surface area contributed by atoms with Gasteiger partial charge in [-0.15, -0.1) is 0 Å². The predicted octanol–water partition coefficient (Wildman–Crippen LogP) is 2.26. The van der Waals surface area contributed by atoms with E-state index in [0.29, 0.717) is 18.1 Å². The van der Waals surface area contributed by atoms with E-state index >= 15 is 0 Å². The zero-order valence-electron chi connectivity index (χ0n) is 9.94. The maximum Gasteiger partial charge on any atom is 0.317 e. The molecule has 94 valence electrons. The molecular weight excluding hydrogens is 242 g/mol. The topological polar surface area (TPSA) is 49.8 Å². The number of carbonyl (C=O) groups is 1. The lowest BCUT2D eigenvalue weighted by atomic mass is 10.2. The summed E-state index contributed by atoms with van der Waals surface area (Å²) >= 11 is 5.92. The fourth-order valence-corrected chi connectivity index (χ4v) is 1.78. The van der Waals surface area contributed by atoms with Gasteiger partial charge in [0.05, 0.1) is 13.7 Å². The van der Waals surface area contributed by atoms with Gasteiger partial charge < -0.3 is 9.84 Å². The molecule has 0 saturated heterocycles. The van der Waals surface area contributed by atoms with E-state index in [1.54, 1.807) is 30.2 Å². The molecule has 1 aromatic carbocycles. The first-order valence-electron chi connectivity index (χ1n) is 5.33. The van der Waals surface area contributed by atoms with Gasteiger partial charge in [-0.25, -0.2) is 0 Å². The molecule has 4 nitrogen and oxygen atoms in total. The molecule has 0 aliphatic rings. The summed E-state index contributed by atoms with van der Waals surface area (Å²) in [6.07, 6.45) is 0. The fraction of sp³-hybridized carbons (Fsp3) is 0.417. The lowest BCUT2D eigenvalue weighted by Crippen LogP contribution is -2.29. The standard InChI is InChI=1S/C12H16ClNO3/c1-3-14(8-12(15)16)7-9-6-10(13)4-5-11(9)17-2/h4-6H,3,7-8H2,1-2H3,(H,15,16). The molecule has 1 rings (SSSR count). The Labute approximate surface area is 106 Å². The fourth-order valence-electron chi connectivity index (χ4n) is 1.58. The Morgan fingerprint density at radius 3 is 2.76 bits per heavy atom. The minimum absolute atomic E-state index is 0.00612. The maximum atomic E-state index is 10.7. The smallest absolute Gasteiger partial charge is 0.317 e. The van der Waals surface area contributed by atoms with Crippen LogP contribution in [0, 0.1) is 0 Å². The molecule has 0 radical (unpaired) electrons. The van der Waals surface area contributed by atoms with Crippen LogP contribution in [0.2, 0.25) is 5.02 Å². The van der Waals surface area contributed by atoms with Crippen LogP contribution in [0.5, 0.6) is 5.75 Å². The quantitative estimate of drug-likeness (QED) is 0.849. The summed E-state index contributed by atoms with van der Waals surface area (Å²) in [5.74, 6) is -0.119. The first-order chi connectivity index (χ1) is 8.06. The summed E-state index contributed by atoms with van der Waals surface area (Å²) in [4.78, 5) is 12.5. The highest BCUT2D eigenvalue weighted by Gasteiger charge is 2.11. The van der Waals surface area contributed by atoms with Crippen LogP contribution < -0.4 is 4.74 Å². The number of ether oxygens (including phenoxy) is 1. The molecule has 0 aliphatic heterocycles. The third-order valence-corrected chi connectivity index (χ3v) is 2.68. The van der Waals surface area contributed by atoms with Crippen molar-refractivity contribution < 1.29 is 14.6 Å². The Kier molecular flexibility index (Phi) is 5.25. The van der Waals surface area contributed by atoms with Gasteiger partial charge in [-0.3, -0.25) is 9.69 Å². The van der Waals surface area contributed by atoms with Gasteiger partial charge in [-0.2, -0.15) is 0 Å². The molecule has 0 aliphatic carbocycles. The van der Waals surface area contributed by atoms with E-state index in [-0.39, 0.29) is 6.54 Å². The first kappa shape index (κ1) is 13.8. The highest BCUT2D eigenvalue weighted by Crippen LogP contribution is 2.23. The number of carboxylic acid groups (broad SMARTS) is 1. The first-order valence-corrected chi connectivity index (χ1v) is 5.71. The van der Waals surface area contributed by atoms with E-state index in [9.17, 15) is 4.79 Å². The molecule has 5 heteroatoms. The van der Waals surface area contributed by atoms with Crippen molar-refractivity contribution in [2.75, 3.05) is 20.2 Å². The van der Waals surface area contributed by atoms with Crippen LogP contribution in [-0.4, -0.2) is 36.2 Å². The summed E-state index contributed by atoms with van der Waals surface area (Å²) in [6, 6.07) is 5.33. The number of aliphatic carboxylic acids is 1. The van der Waals surface area contributed by atoms with Gasteiger partial charge in [-0.05, 0) is 24.7 Å². The number of likely N-dealkylation sites (N-methyl/N-ethyl adjacent to an activating group) is 1. The molecule has 0 spiro atoms. The van der Waals surface area contributed by atoms with Crippen LogP contribution in [0.3, 0.4) is 0 Å². The Bertz CT molecular complexity index is 395. The second kappa shape index (κ2) is 6.47. The van der Waals surface area contributed by atoms with Crippen LogP contribution in [0.15, 0.2) is 18.2 Å². The van der Waals surface area contributed by atoms with E-state index in [0.717, 1.165) is 11.3 Å². The summed E-state index contributed by atoms with van der Waals surface area (Å²) < 4.78 is 5.22. The number of halogens is 1. The van der Waals surface area contributed by atoms with Crippen molar-refractivity contribution in [3.8, 4) is 5.75 Å². The van der Waals surface area contributed by atoms with Crippen molar-refractivity contribution in [2.45, 2.75) is 13.5 Å². The molecule has 0 fully saturated rings. The molecule has 1 N–H and O–H groups in total. The van der Waals surface area contributed by atoms with Crippen molar-refractivity contribution in [1.29, 1.82) is 0 Å². The van der Waals surface area contributed by atoms with Crippen LogP contribution in [0.25, 0.3) is 0 Å². The number of benzene rings is 1. The van der Waals surface area contributed by atoms with Gasteiger partial charge in [0.2, 0.25) is 0 Å². The maximum absolute atomic E-state index is 10.7. The second-order valence-corrected chi connectivity index (χ2v) is 4.09. The second-order valence-electron chi connectivity index (χ2n) is 3.65. The van der Waals surface area contributed by atoms with E-state index in [2.05, 4.69) is 0 Å². The lowest BCUT2D eigenvalue weighted by Gasteiger charge is -2.19. The van der Waals surface area contributed by atoms with Gasteiger partial charge in [0.1, 0.15) is 5.75 Å². The zero-order valence-corrected chi connectivity index (χ0v) is 10.7. The van der Waals surface area contributed by atoms with Crippen LogP contribution in [0.1, 0.15) is 12.5 Å². The summed E-state index contributed by atoms with van der Waals surface area (Å²) in [6.45, 7) is 3.08.